The Morgan fingerprint density at radius 3 is 1.24 bits per heavy atom. The van der Waals surface area contributed by atoms with Crippen molar-refractivity contribution in [2.75, 3.05) is 0 Å². The first-order valence-electron chi connectivity index (χ1n) is 20.6. The smallest absolute Gasteiger partial charge is 0.164 e. The van der Waals surface area contributed by atoms with Crippen LogP contribution in [0.5, 0.6) is 0 Å². The maximum atomic E-state index is 5.25. The van der Waals surface area contributed by atoms with Crippen LogP contribution in [-0.2, 0) is 5.41 Å². The van der Waals surface area contributed by atoms with Crippen molar-refractivity contribution >= 4 is 10.8 Å². The summed E-state index contributed by atoms with van der Waals surface area (Å²) >= 11 is 0. The van der Waals surface area contributed by atoms with E-state index in [2.05, 4.69) is 109 Å². The zero-order chi connectivity index (χ0) is 38.9. The first-order chi connectivity index (χ1) is 29.2. The van der Waals surface area contributed by atoms with E-state index in [1.807, 2.05) is 66.7 Å². The normalized spacial score (nSPS) is 19.9. The van der Waals surface area contributed by atoms with Gasteiger partial charge in [0.1, 0.15) is 0 Å². The molecule has 0 radical (unpaired) electrons. The van der Waals surface area contributed by atoms with E-state index in [0.29, 0.717) is 40.4 Å². The highest BCUT2D eigenvalue weighted by Crippen LogP contribution is 2.77. The number of hydrogen-bond donors (Lipinski definition) is 0. The van der Waals surface area contributed by atoms with E-state index in [-0.39, 0.29) is 0 Å². The molecule has 2 unspecified atom stereocenters. The molecule has 6 nitrogen and oxygen atoms in total. The molecule has 2 aromatic heterocycles. The highest BCUT2D eigenvalue weighted by atomic mass is 15.0. The summed E-state index contributed by atoms with van der Waals surface area (Å²) < 4.78 is 0. The lowest BCUT2D eigenvalue weighted by molar-refractivity contribution is -0.219. The molecular weight excluding hydrogens is 721 g/mol. The van der Waals surface area contributed by atoms with Crippen molar-refractivity contribution in [2.24, 2.45) is 17.8 Å². The third-order valence-electron chi connectivity index (χ3n) is 13.2. The van der Waals surface area contributed by atoms with Gasteiger partial charge in [-0.25, -0.2) is 29.9 Å². The molecule has 0 spiro atoms. The minimum Gasteiger partial charge on any atom is -0.208 e. The van der Waals surface area contributed by atoms with Gasteiger partial charge in [0.05, 0.1) is 0 Å². The van der Waals surface area contributed by atoms with Gasteiger partial charge in [-0.1, -0.05) is 170 Å². The number of hydrogen-bond acceptors (Lipinski definition) is 6. The van der Waals surface area contributed by atoms with Crippen molar-refractivity contribution in [3.8, 4) is 79.5 Å². The molecule has 9 aromatic rings. The molecule has 0 aliphatic heterocycles. The molecule has 0 saturated heterocycles. The maximum absolute atomic E-state index is 5.25. The minimum atomic E-state index is 0.405. The molecule has 12 rings (SSSR count). The first kappa shape index (κ1) is 33.9. The zero-order valence-corrected chi connectivity index (χ0v) is 32.3. The summed E-state index contributed by atoms with van der Waals surface area (Å²) in [6.45, 7) is 0. The van der Waals surface area contributed by atoms with Gasteiger partial charge in [0.15, 0.2) is 34.9 Å². The average Bonchev–Trinajstić information content (AvgIpc) is 3.31. The molecule has 0 N–H and O–H groups in total. The second kappa shape index (κ2) is 13.5. The Hall–Kier alpha value is -7.18. The molecule has 0 amide bonds. The van der Waals surface area contributed by atoms with Gasteiger partial charge in [0.2, 0.25) is 0 Å². The van der Waals surface area contributed by atoms with Gasteiger partial charge in [-0.05, 0) is 76.0 Å². The molecule has 7 aromatic carbocycles. The van der Waals surface area contributed by atoms with Crippen molar-refractivity contribution in [1.82, 2.24) is 29.9 Å². The second-order valence-corrected chi connectivity index (χ2v) is 16.4. The summed E-state index contributed by atoms with van der Waals surface area (Å²) in [5.41, 5.74) is 9.75. The van der Waals surface area contributed by atoms with Crippen molar-refractivity contribution in [1.29, 1.82) is 0 Å². The van der Waals surface area contributed by atoms with Crippen LogP contribution in [0.25, 0.3) is 90.2 Å². The van der Waals surface area contributed by atoms with Gasteiger partial charge < -0.3 is 0 Å². The zero-order valence-electron chi connectivity index (χ0n) is 32.3. The SMILES string of the molecule is c1ccc(-c2cccc(-c3nc(-c4ccc(C56CC7CC(C5)C76)cc4)nc(-c4cccc5c(-c6nc(-c7ccccc7)nc(-c7ccccc7)n6)cccc45)n3)c2)cc1. The monoisotopic (exact) mass is 758 g/mol. The molecule has 2 atom stereocenters. The molecule has 3 aliphatic carbocycles. The van der Waals surface area contributed by atoms with E-state index >= 15 is 0 Å². The lowest BCUT2D eigenvalue weighted by Gasteiger charge is -2.76. The van der Waals surface area contributed by atoms with Crippen LogP contribution in [0, 0.1) is 17.8 Å². The number of rotatable bonds is 8. The Morgan fingerprint density at radius 1 is 0.339 bits per heavy atom. The van der Waals surface area contributed by atoms with Crippen LogP contribution >= 0.6 is 0 Å². The number of fused-ring (bicyclic) bond motifs is 1. The predicted molar refractivity (Wildman–Crippen MR) is 235 cm³/mol. The van der Waals surface area contributed by atoms with Crippen molar-refractivity contribution in [3.63, 3.8) is 0 Å². The summed E-state index contributed by atoms with van der Waals surface area (Å²) in [5.74, 6) is 6.58. The molecular formula is C53H38N6. The van der Waals surface area contributed by atoms with E-state index in [0.717, 1.165) is 73.0 Å². The second-order valence-electron chi connectivity index (χ2n) is 16.4. The lowest BCUT2D eigenvalue weighted by atomic mass is 9.28. The van der Waals surface area contributed by atoms with Gasteiger partial charge in [0.25, 0.3) is 0 Å². The molecule has 3 fully saturated rings. The highest BCUT2D eigenvalue weighted by Gasteiger charge is 2.71. The Labute approximate surface area is 342 Å². The topological polar surface area (TPSA) is 77.3 Å². The molecule has 6 heteroatoms. The van der Waals surface area contributed by atoms with Crippen LogP contribution in [0.4, 0.5) is 0 Å². The third kappa shape index (κ3) is 5.62. The van der Waals surface area contributed by atoms with Crippen LogP contribution in [0.1, 0.15) is 24.8 Å². The Morgan fingerprint density at radius 2 is 0.746 bits per heavy atom. The molecule has 3 saturated carbocycles. The van der Waals surface area contributed by atoms with E-state index in [9.17, 15) is 0 Å². The van der Waals surface area contributed by atoms with Crippen molar-refractivity contribution in [2.45, 2.75) is 24.7 Å². The van der Waals surface area contributed by atoms with Crippen molar-refractivity contribution in [3.05, 3.63) is 181 Å². The highest BCUT2D eigenvalue weighted by molar-refractivity contribution is 6.03. The van der Waals surface area contributed by atoms with Gasteiger partial charge in [-0.15, -0.1) is 0 Å². The number of benzene rings is 7. The third-order valence-corrected chi connectivity index (χ3v) is 13.2. The summed E-state index contributed by atoms with van der Waals surface area (Å²) in [6.07, 6.45) is 4.14. The molecule has 3 aliphatic rings. The van der Waals surface area contributed by atoms with E-state index in [4.69, 9.17) is 29.9 Å². The van der Waals surface area contributed by atoms with Gasteiger partial charge in [0, 0.05) is 33.4 Å². The summed E-state index contributed by atoms with van der Waals surface area (Å²) in [5, 5.41) is 2.00. The fraction of sp³-hybridized carbons (Fsp3) is 0.132. The van der Waals surface area contributed by atoms with Crippen LogP contribution in [0.3, 0.4) is 0 Å². The van der Waals surface area contributed by atoms with Crippen LogP contribution in [-0.4, -0.2) is 29.9 Å². The fourth-order valence-electron chi connectivity index (χ4n) is 10.4. The van der Waals surface area contributed by atoms with E-state index in [1.165, 1.54) is 24.8 Å². The molecule has 280 valence electrons. The van der Waals surface area contributed by atoms with Gasteiger partial charge in [-0.3, -0.25) is 0 Å². The quantitative estimate of drug-likeness (QED) is 0.154. The Bertz CT molecular complexity index is 2970. The summed E-state index contributed by atoms with van der Waals surface area (Å²) in [4.78, 5) is 30.8. The van der Waals surface area contributed by atoms with E-state index < -0.39 is 0 Å². The molecule has 0 bridgehead atoms. The first-order valence-corrected chi connectivity index (χ1v) is 20.6. The fourth-order valence-corrected chi connectivity index (χ4v) is 10.4. The maximum Gasteiger partial charge on any atom is 0.164 e. The Balaban J connectivity index is 1.00. The van der Waals surface area contributed by atoms with Gasteiger partial charge in [-0.2, -0.15) is 0 Å². The van der Waals surface area contributed by atoms with Crippen LogP contribution in [0.15, 0.2) is 176 Å². The Kier molecular flexibility index (Phi) is 7.73. The summed E-state index contributed by atoms with van der Waals surface area (Å²) in [7, 11) is 0. The standard InChI is InChI=1S/C53H38N6/c1-4-13-33(14-5-1)37-19-10-20-38(29-37)50-55-49(36-25-27-41(28-26-36)53-31-39-30-40(32-53)46(39)53)58-52(59-50)45-24-12-21-42-43(45)22-11-23-44(42)51-56-47(34-15-6-2-7-16-34)54-48(57-51)35-17-8-3-9-18-35/h1-29,39-40,46H,30-32H2. The number of nitrogens with zero attached hydrogens (tertiary/aromatic N) is 6. The van der Waals surface area contributed by atoms with Gasteiger partial charge >= 0.3 is 0 Å². The lowest BCUT2D eigenvalue weighted by Crippen LogP contribution is -2.71. The largest absolute Gasteiger partial charge is 0.208 e. The van der Waals surface area contributed by atoms with Crippen LogP contribution in [0.2, 0.25) is 0 Å². The molecule has 59 heavy (non-hydrogen) atoms. The summed E-state index contributed by atoms with van der Waals surface area (Å²) in [6, 6.07) is 60.8. The molecule has 2 heterocycles. The van der Waals surface area contributed by atoms with Crippen LogP contribution < -0.4 is 0 Å². The number of aromatic nitrogens is 6. The van der Waals surface area contributed by atoms with E-state index in [1.54, 1.807) is 0 Å². The predicted octanol–water partition coefficient (Wildman–Crippen LogP) is 12.2. The average molecular weight is 759 g/mol. The minimum absolute atomic E-state index is 0.405. The van der Waals surface area contributed by atoms with Crippen molar-refractivity contribution < 1.29 is 0 Å².